The maximum absolute atomic E-state index is 12.4. The molecule has 1 aliphatic rings. The number of carbonyl (C=O) groups excluding carboxylic acids is 1. The number of sulfone groups is 1. The summed E-state index contributed by atoms with van der Waals surface area (Å²) in [6.07, 6.45) is 2.00. The normalized spacial score (nSPS) is 18.0. The topological polar surface area (TPSA) is 89.3 Å². The van der Waals surface area contributed by atoms with Crippen molar-refractivity contribution >= 4 is 15.7 Å². The van der Waals surface area contributed by atoms with Gasteiger partial charge in [-0.25, -0.2) is 8.42 Å². The SMILES string of the molecule is CC(CN)(NC(=O)c1ccc(S(=O)(=O)C(F)F)cc1)C1CC1. The van der Waals surface area contributed by atoms with Gasteiger partial charge < -0.3 is 11.1 Å². The number of alkyl halides is 2. The Morgan fingerprint density at radius 3 is 2.32 bits per heavy atom. The zero-order valence-corrected chi connectivity index (χ0v) is 12.9. The van der Waals surface area contributed by atoms with Crippen LogP contribution in [-0.4, -0.2) is 32.2 Å². The molecule has 1 aromatic carbocycles. The molecule has 0 radical (unpaired) electrons. The highest BCUT2D eigenvalue weighted by Crippen LogP contribution is 2.39. The first kappa shape index (κ1) is 16.8. The number of nitrogens with two attached hydrogens (primary N) is 1. The lowest BCUT2D eigenvalue weighted by Gasteiger charge is -2.29. The molecule has 0 saturated heterocycles. The maximum Gasteiger partial charge on any atom is 0.341 e. The molecule has 0 aliphatic heterocycles. The largest absolute Gasteiger partial charge is 0.345 e. The minimum Gasteiger partial charge on any atom is -0.345 e. The standard InChI is InChI=1S/C14H18F2N2O3S/c1-14(8-17,10-4-5-10)18-12(19)9-2-6-11(7-3-9)22(20,21)13(15)16/h2-3,6-7,10,13H,4-5,8,17H2,1H3,(H,18,19). The van der Waals surface area contributed by atoms with Gasteiger partial charge in [0, 0.05) is 12.1 Å². The molecular formula is C14H18F2N2O3S. The van der Waals surface area contributed by atoms with E-state index in [9.17, 15) is 22.0 Å². The van der Waals surface area contributed by atoms with Crippen LogP contribution < -0.4 is 11.1 Å². The fourth-order valence-electron chi connectivity index (χ4n) is 2.27. The Morgan fingerprint density at radius 1 is 1.36 bits per heavy atom. The lowest BCUT2D eigenvalue weighted by atomic mass is 9.95. The van der Waals surface area contributed by atoms with Crippen LogP contribution in [0.5, 0.6) is 0 Å². The van der Waals surface area contributed by atoms with Gasteiger partial charge in [0.25, 0.3) is 5.91 Å². The number of hydrogen-bond donors (Lipinski definition) is 2. The third kappa shape index (κ3) is 3.27. The lowest BCUT2D eigenvalue weighted by Crippen LogP contribution is -2.53. The second kappa shape index (κ2) is 5.92. The average molecular weight is 332 g/mol. The predicted molar refractivity (Wildman–Crippen MR) is 77.3 cm³/mol. The summed E-state index contributed by atoms with van der Waals surface area (Å²) in [5, 5.41) is 2.84. The number of rotatable bonds is 6. The van der Waals surface area contributed by atoms with Crippen molar-refractivity contribution in [2.75, 3.05) is 6.54 Å². The van der Waals surface area contributed by atoms with Gasteiger partial charge in [0.15, 0.2) is 0 Å². The Kier molecular flexibility index (Phi) is 4.53. The minimum absolute atomic E-state index is 0.202. The number of halogens is 2. The molecule has 1 atom stereocenters. The van der Waals surface area contributed by atoms with Crippen molar-refractivity contribution < 1.29 is 22.0 Å². The van der Waals surface area contributed by atoms with Crippen molar-refractivity contribution in [3.05, 3.63) is 29.8 Å². The minimum atomic E-state index is -4.65. The highest BCUT2D eigenvalue weighted by atomic mass is 32.2. The van der Waals surface area contributed by atoms with Crippen LogP contribution in [0.15, 0.2) is 29.2 Å². The van der Waals surface area contributed by atoms with Crippen molar-refractivity contribution in [1.82, 2.24) is 5.32 Å². The monoisotopic (exact) mass is 332 g/mol. The van der Waals surface area contributed by atoms with E-state index in [-0.39, 0.29) is 5.56 Å². The molecule has 22 heavy (non-hydrogen) atoms. The molecule has 122 valence electrons. The lowest BCUT2D eigenvalue weighted by molar-refractivity contribution is 0.0897. The summed E-state index contributed by atoms with van der Waals surface area (Å²) in [6.45, 7) is 2.15. The van der Waals surface area contributed by atoms with E-state index >= 15 is 0 Å². The van der Waals surface area contributed by atoms with Gasteiger partial charge in [0.05, 0.1) is 10.4 Å². The first-order chi connectivity index (χ1) is 10.2. The Bertz CT molecular complexity index is 657. The van der Waals surface area contributed by atoms with Crippen LogP contribution in [0.3, 0.4) is 0 Å². The van der Waals surface area contributed by atoms with Gasteiger partial charge >= 0.3 is 5.76 Å². The van der Waals surface area contributed by atoms with Gasteiger partial charge in [0.1, 0.15) is 0 Å². The number of amides is 1. The quantitative estimate of drug-likeness (QED) is 0.827. The van der Waals surface area contributed by atoms with Crippen LogP contribution in [0, 0.1) is 5.92 Å². The van der Waals surface area contributed by atoms with Crippen molar-refractivity contribution in [3.63, 3.8) is 0 Å². The zero-order chi connectivity index (χ0) is 16.5. The molecule has 0 spiro atoms. The van der Waals surface area contributed by atoms with Crippen LogP contribution in [0.25, 0.3) is 0 Å². The molecule has 1 amide bonds. The second-order valence-electron chi connectivity index (χ2n) is 5.68. The van der Waals surface area contributed by atoms with E-state index < -0.39 is 31.9 Å². The summed E-state index contributed by atoms with van der Waals surface area (Å²) in [5.74, 6) is -3.55. The third-order valence-corrected chi connectivity index (χ3v) is 5.38. The molecule has 3 N–H and O–H groups in total. The molecule has 1 aliphatic carbocycles. The Labute approximate surface area is 127 Å². The van der Waals surface area contributed by atoms with E-state index in [4.69, 9.17) is 5.73 Å². The molecule has 1 aromatic rings. The average Bonchev–Trinajstić information content (AvgIpc) is 3.32. The fraction of sp³-hybridized carbons (Fsp3) is 0.500. The molecular weight excluding hydrogens is 314 g/mol. The molecule has 8 heteroatoms. The molecule has 0 aromatic heterocycles. The summed E-state index contributed by atoms with van der Waals surface area (Å²) in [5.41, 5.74) is 5.40. The van der Waals surface area contributed by atoms with Gasteiger partial charge in [-0.2, -0.15) is 8.78 Å². The molecule has 1 fully saturated rings. The first-order valence-corrected chi connectivity index (χ1v) is 8.40. The van der Waals surface area contributed by atoms with Crippen LogP contribution >= 0.6 is 0 Å². The van der Waals surface area contributed by atoms with Crippen LogP contribution in [-0.2, 0) is 9.84 Å². The van der Waals surface area contributed by atoms with E-state index in [2.05, 4.69) is 5.32 Å². The van der Waals surface area contributed by atoms with Gasteiger partial charge in [-0.1, -0.05) is 0 Å². The Balaban J connectivity index is 2.15. The van der Waals surface area contributed by atoms with Crippen LogP contribution in [0.2, 0.25) is 0 Å². The van der Waals surface area contributed by atoms with E-state index in [0.29, 0.717) is 12.5 Å². The van der Waals surface area contributed by atoms with Gasteiger partial charge in [-0.05, 0) is 49.9 Å². The maximum atomic E-state index is 12.4. The Morgan fingerprint density at radius 2 is 1.91 bits per heavy atom. The van der Waals surface area contributed by atoms with Crippen molar-refractivity contribution in [3.8, 4) is 0 Å². The molecule has 2 rings (SSSR count). The summed E-state index contributed by atoms with van der Waals surface area (Å²) >= 11 is 0. The van der Waals surface area contributed by atoms with E-state index in [1.165, 1.54) is 12.1 Å². The van der Waals surface area contributed by atoms with Crippen LogP contribution in [0.1, 0.15) is 30.1 Å². The number of hydrogen-bond acceptors (Lipinski definition) is 4. The molecule has 5 nitrogen and oxygen atoms in total. The highest BCUT2D eigenvalue weighted by molar-refractivity contribution is 7.91. The number of carbonyl (C=O) groups is 1. The van der Waals surface area contributed by atoms with Crippen molar-refractivity contribution in [2.24, 2.45) is 11.7 Å². The highest BCUT2D eigenvalue weighted by Gasteiger charge is 2.41. The van der Waals surface area contributed by atoms with Crippen molar-refractivity contribution in [2.45, 2.75) is 36.0 Å². The fourth-order valence-corrected chi connectivity index (χ4v) is 2.99. The number of benzene rings is 1. The van der Waals surface area contributed by atoms with E-state index in [0.717, 1.165) is 25.0 Å². The van der Waals surface area contributed by atoms with Gasteiger partial charge in [-0.3, -0.25) is 4.79 Å². The number of nitrogens with one attached hydrogen (secondary N) is 1. The molecule has 0 bridgehead atoms. The smallest absolute Gasteiger partial charge is 0.341 e. The zero-order valence-electron chi connectivity index (χ0n) is 12.1. The van der Waals surface area contributed by atoms with E-state index in [1.807, 2.05) is 6.92 Å². The summed E-state index contributed by atoms with van der Waals surface area (Å²) in [4.78, 5) is 11.7. The van der Waals surface area contributed by atoms with Crippen molar-refractivity contribution in [1.29, 1.82) is 0 Å². The second-order valence-corrected chi connectivity index (χ2v) is 7.60. The van der Waals surface area contributed by atoms with E-state index in [1.54, 1.807) is 0 Å². The third-order valence-electron chi connectivity index (χ3n) is 3.98. The summed E-state index contributed by atoms with van der Waals surface area (Å²) < 4.78 is 47.5. The van der Waals surface area contributed by atoms with Gasteiger partial charge in [-0.15, -0.1) is 0 Å². The summed E-state index contributed by atoms with van der Waals surface area (Å²) in [6, 6.07) is 4.45. The predicted octanol–water partition coefficient (Wildman–Crippen LogP) is 1.54. The Hall–Kier alpha value is -1.54. The van der Waals surface area contributed by atoms with Crippen LogP contribution in [0.4, 0.5) is 8.78 Å². The molecule has 1 saturated carbocycles. The van der Waals surface area contributed by atoms with Gasteiger partial charge in [0.2, 0.25) is 9.84 Å². The molecule has 0 heterocycles. The first-order valence-electron chi connectivity index (χ1n) is 6.85. The molecule has 1 unspecified atom stereocenters. The summed E-state index contributed by atoms with van der Waals surface area (Å²) in [7, 11) is -4.65.